The molecule has 0 spiro atoms. The quantitative estimate of drug-likeness (QED) is 0.409. The summed E-state index contributed by atoms with van der Waals surface area (Å²) >= 11 is 1.44. The summed E-state index contributed by atoms with van der Waals surface area (Å²) in [5.74, 6) is 0.592. The van der Waals surface area contributed by atoms with Crippen LogP contribution in [0.2, 0.25) is 0 Å². The summed E-state index contributed by atoms with van der Waals surface area (Å²) in [6.07, 6.45) is 1.53. The minimum absolute atomic E-state index is 0.144. The number of hydrogen-bond acceptors (Lipinski definition) is 6. The SMILES string of the molecule is COc1ccc2c(Cn3cnc4scc(-c5ccccc5)c4c3=O)cc(=O)oc2c1. The molecule has 0 aliphatic rings. The Morgan fingerprint density at radius 1 is 1.10 bits per heavy atom. The molecule has 0 bridgehead atoms. The van der Waals surface area contributed by atoms with Gasteiger partial charge in [0.2, 0.25) is 0 Å². The molecule has 0 fully saturated rings. The van der Waals surface area contributed by atoms with Crippen molar-refractivity contribution >= 4 is 32.5 Å². The molecule has 6 nitrogen and oxygen atoms in total. The zero-order valence-corrected chi connectivity index (χ0v) is 16.8. The molecule has 0 atom stereocenters. The Hall–Kier alpha value is -3.71. The minimum Gasteiger partial charge on any atom is -0.497 e. The number of hydrogen-bond donors (Lipinski definition) is 0. The molecular formula is C23H16N2O4S. The van der Waals surface area contributed by atoms with Gasteiger partial charge in [-0.2, -0.15) is 0 Å². The van der Waals surface area contributed by atoms with Crippen molar-refractivity contribution in [1.82, 2.24) is 9.55 Å². The van der Waals surface area contributed by atoms with Crippen molar-refractivity contribution in [3.63, 3.8) is 0 Å². The van der Waals surface area contributed by atoms with E-state index >= 15 is 0 Å². The maximum absolute atomic E-state index is 13.3. The molecule has 148 valence electrons. The number of methoxy groups -OCH3 is 1. The molecule has 0 saturated heterocycles. The number of fused-ring (bicyclic) bond motifs is 2. The van der Waals surface area contributed by atoms with Crippen molar-refractivity contribution in [2.45, 2.75) is 6.54 Å². The first-order chi connectivity index (χ1) is 14.6. The lowest BCUT2D eigenvalue weighted by atomic mass is 10.1. The molecule has 0 aliphatic carbocycles. The van der Waals surface area contributed by atoms with E-state index in [1.54, 1.807) is 19.2 Å². The molecule has 7 heteroatoms. The van der Waals surface area contributed by atoms with Crippen molar-refractivity contribution in [3.8, 4) is 16.9 Å². The fourth-order valence-electron chi connectivity index (χ4n) is 3.56. The summed E-state index contributed by atoms with van der Waals surface area (Å²) in [6, 6.07) is 16.5. The smallest absolute Gasteiger partial charge is 0.336 e. The van der Waals surface area contributed by atoms with E-state index in [0.717, 1.165) is 16.5 Å². The van der Waals surface area contributed by atoms with E-state index in [4.69, 9.17) is 9.15 Å². The maximum atomic E-state index is 13.3. The molecule has 2 aromatic carbocycles. The van der Waals surface area contributed by atoms with Crippen molar-refractivity contribution in [2.24, 2.45) is 0 Å². The topological polar surface area (TPSA) is 74.3 Å². The minimum atomic E-state index is -0.478. The van der Waals surface area contributed by atoms with Crippen LogP contribution in [0.15, 0.2) is 80.3 Å². The van der Waals surface area contributed by atoms with Gasteiger partial charge >= 0.3 is 5.63 Å². The van der Waals surface area contributed by atoms with Crippen LogP contribution < -0.4 is 15.9 Å². The Morgan fingerprint density at radius 3 is 2.73 bits per heavy atom. The van der Waals surface area contributed by atoms with E-state index in [1.807, 2.05) is 41.8 Å². The normalized spacial score (nSPS) is 11.2. The molecule has 3 heterocycles. The number of ether oxygens (including phenoxy) is 1. The highest BCUT2D eigenvalue weighted by molar-refractivity contribution is 7.17. The molecule has 30 heavy (non-hydrogen) atoms. The zero-order chi connectivity index (χ0) is 20.7. The summed E-state index contributed by atoms with van der Waals surface area (Å²) in [5, 5.41) is 3.29. The molecule has 5 rings (SSSR count). The van der Waals surface area contributed by atoms with Gasteiger partial charge in [0.15, 0.2) is 0 Å². The highest BCUT2D eigenvalue weighted by Crippen LogP contribution is 2.30. The highest BCUT2D eigenvalue weighted by Gasteiger charge is 2.15. The standard InChI is InChI=1S/C23H16N2O4S/c1-28-16-7-8-17-15(9-20(26)29-19(17)10-16)11-25-13-24-22-21(23(25)27)18(12-30-22)14-5-3-2-4-6-14/h2-10,12-13H,11H2,1H3. The second-order valence-electron chi connectivity index (χ2n) is 6.83. The molecule has 0 aliphatic heterocycles. The van der Waals surface area contributed by atoms with Crippen LogP contribution in [-0.2, 0) is 6.54 Å². The lowest BCUT2D eigenvalue weighted by molar-refractivity contribution is 0.414. The third kappa shape index (κ3) is 3.09. The Labute approximate surface area is 174 Å². The van der Waals surface area contributed by atoms with Crippen LogP contribution in [0.3, 0.4) is 0 Å². The van der Waals surface area contributed by atoms with Crippen molar-refractivity contribution < 1.29 is 9.15 Å². The molecule has 0 N–H and O–H groups in total. The first-order valence-corrected chi connectivity index (χ1v) is 10.1. The predicted octanol–water partition coefficient (Wildman–Crippen LogP) is 4.29. The van der Waals surface area contributed by atoms with Gasteiger partial charge in [-0.05, 0) is 23.3 Å². The number of rotatable bonds is 4. The van der Waals surface area contributed by atoms with Gasteiger partial charge < -0.3 is 9.15 Å². The maximum Gasteiger partial charge on any atom is 0.336 e. The monoisotopic (exact) mass is 416 g/mol. The lowest BCUT2D eigenvalue weighted by Gasteiger charge is -2.09. The van der Waals surface area contributed by atoms with Crippen LogP contribution in [-0.4, -0.2) is 16.7 Å². The van der Waals surface area contributed by atoms with Crippen molar-refractivity contribution in [2.75, 3.05) is 7.11 Å². The van der Waals surface area contributed by atoms with E-state index in [9.17, 15) is 9.59 Å². The number of benzene rings is 2. The third-order valence-corrected chi connectivity index (χ3v) is 5.91. The fraction of sp³-hybridized carbons (Fsp3) is 0.0870. The average Bonchev–Trinajstić information content (AvgIpc) is 3.20. The van der Waals surface area contributed by atoms with Crippen LogP contribution in [0, 0.1) is 0 Å². The van der Waals surface area contributed by atoms with E-state index in [2.05, 4.69) is 4.98 Å². The largest absolute Gasteiger partial charge is 0.497 e. The third-order valence-electron chi connectivity index (χ3n) is 5.02. The molecule has 0 unspecified atom stereocenters. The van der Waals surface area contributed by atoms with Gasteiger partial charge in [0.05, 0.1) is 25.4 Å². The number of thiophene rings is 1. The Kier molecular flexibility index (Phi) is 4.44. The summed E-state index contributed by atoms with van der Waals surface area (Å²) in [6.45, 7) is 0.209. The van der Waals surface area contributed by atoms with E-state index in [0.29, 0.717) is 27.1 Å². The van der Waals surface area contributed by atoms with E-state index < -0.39 is 5.63 Å². The van der Waals surface area contributed by atoms with Gasteiger partial charge in [-0.3, -0.25) is 9.36 Å². The molecule has 5 aromatic rings. The van der Waals surface area contributed by atoms with E-state index in [1.165, 1.54) is 28.3 Å². The van der Waals surface area contributed by atoms with Gasteiger partial charge in [-0.15, -0.1) is 11.3 Å². The second-order valence-corrected chi connectivity index (χ2v) is 7.68. The molecule has 3 aromatic heterocycles. The second kappa shape index (κ2) is 7.27. The summed E-state index contributed by atoms with van der Waals surface area (Å²) in [7, 11) is 1.55. The van der Waals surface area contributed by atoms with Crippen molar-refractivity contribution in [3.05, 3.63) is 92.6 Å². The number of aromatic nitrogens is 2. The van der Waals surface area contributed by atoms with Gasteiger partial charge in [0.1, 0.15) is 16.2 Å². The lowest BCUT2D eigenvalue weighted by Crippen LogP contribution is -2.21. The summed E-state index contributed by atoms with van der Waals surface area (Å²) in [4.78, 5) is 30.6. The zero-order valence-electron chi connectivity index (χ0n) is 16.0. The van der Waals surface area contributed by atoms with Gasteiger partial charge in [0, 0.05) is 28.5 Å². The van der Waals surface area contributed by atoms with Crippen LogP contribution in [0.1, 0.15) is 5.56 Å². The van der Waals surface area contributed by atoms with Crippen molar-refractivity contribution in [1.29, 1.82) is 0 Å². The van der Waals surface area contributed by atoms with Crippen LogP contribution in [0.5, 0.6) is 5.75 Å². The Bertz CT molecular complexity index is 1500. The Balaban J connectivity index is 1.66. The molecule has 0 amide bonds. The predicted molar refractivity (Wildman–Crippen MR) is 117 cm³/mol. The highest BCUT2D eigenvalue weighted by atomic mass is 32.1. The molecule has 0 radical (unpaired) electrons. The summed E-state index contributed by atoms with van der Waals surface area (Å²) < 4.78 is 12.0. The van der Waals surface area contributed by atoms with Gasteiger partial charge in [-0.1, -0.05) is 30.3 Å². The van der Waals surface area contributed by atoms with Crippen LogP contribution >= 0.6 is 11.3 Å². The first kappa shape index (κ1) is 18.3. The average molecular weight is 416 g/mol. The fourth-order valence-corrected chi connectivity index (χ4v) is 4.47. The van der Waals surface area contributed by atoms with E-state index in [-0.39, 0.29) is 12.1 Å². The molecule has 0 saturated carbocycles. The number of nitrogens with zero attached hydrogens (tertiary/aromatic N) is 2. The molecular weight excluding hydrogens is 400 g/mol. The van der Waals surface area contributed by atoms with Gasteiger partial charge in [-0.25, -0.2) is 9.78 Å². The van der Waals surface area contributed by atoms with Crippen LogP contribution in [0.25, 0.3) is 32.3 Å². The summed E-state index contributed by atoms with van der Waals surface area (Å²) in [5.41, 5.74) is 2.31. The first-order valence-electron chi connectivity index (χ1n) is 9.27. The van der Waals surface area contributed by atoms with Gasteiger partial charge in [0.25, 0.3) is 5.56 Å². The van der Waals surface area contributed by atoms with Crippen LogP contribution in [0.4, 0.5) is 0 Å². The Morgan fingerprint density at radius 2 is 1.93 bits per heavy atom.